The van der Waals surface area contributed by atoms with Gasteiger partial charge in [0.15, 0.2) is 23.5 Å². The standard InChI is InChI=1S/C22H18ClF4N5O4/c1-3-31-17(9-33)30-32(21(31)34)12-7-15-18(16(8-12)35-11(2)22(25,26)27)20(29-10-28-15)36-19-13(23)5-4-6-14(19)24/h4-8,10-11,33H,3,9H2,1-2H3/t11-/m0/s1. The summed E-state index contributed by atoms with van der Waals surface area (Å²) in [5.41, 5.74) is -0.621. The van der Waals surface area contributed by atoms with Crippen LogP contribution in [-0.2, 0) is 13.2 Å². The van der Waals surface area contributed by atoms with Crippen molar-refractivity contribution in [1.29, 1.82) is 0 Å². The zero-order valence-corrected chi connectivity index (χ0v) is 19.5. The van der Waals surface area contributed by atoms with Crippen molar-refractivity contribution >= 4 is 22.5 Å². The van der Waals surface area contributed by atoms with Crippen LogP contribution in [0.4, 0.5) is 17.6 Å². The van der Waals surface area contributed by atoms with Gasteiger partial charge in [-0.2, -0.15) is 17.9 Å². The lowest BCUT2D eigenvalue weighted by atomic mass is 10.2. The molecule has 0 spiro atoms. The lowest BCUT2D eigenvalue weighted by molar-refractivity contribution is -0.189. The van der Waals surface area contributed by atoms with Crippen LogP contribution < -0.4 is 15.2 Å². The smallest absolute Gasteiger partial charge is 0.425 e. The molecular formula is C22H18ClF4N5O4. The van der Waals surface area contributed by atoms with E-state index in [1.807, 2.05) is 0 Å². The molecule has 2 aromatic heterocycles. The number of aromatic nitrogens is 5. The summed E-state index contributed by atoms with van der Waals surface area (Å²) in [4.78, 5) is 20.8. The van der Waals surface area contributed by atoms with Crippen molar-refractivity contribution in [2.24, 2.45) is 0 Å². The second kappa shape index (κ2) is 9.74. The summed E-state index contributed by atoms with van der Waals surface area (Å²) in [5, 5.41) is 13.4. The van der Waals surface area contributed by atoms with Gasteiger partial charge in [0, 0.05) is 12.6 Å². The Morgan fingerprint density at radius 2 is 1.97 bits per heavy atom. The maximum Gasteiger partial charge on any atom is 0.425 e. The number of rotatable bonds is 7. The molecule has 0 fully saturated rings. The van der Waals surface area contributed by atoms with E-state index in [2.05, 4.69) is 15.1 Å². The first-order valence-electron chi connectivity index (χ1n) is 10.5. The van der Waals surface area contributed by atoms with Gasteiger partial charge in [-0.15, -0.1) is 5.10 Å². The van der Waals surface area contributed by atoms with E-state index in [1.165, 1.54) is 22.8 Å². The summed E-state index contributed by atoms with van der Waals surface area (Å²) < 4.78 is 67.3. The number of hydrogen-bond donors (Lipinski definition) is 1. The van der Waals surface area contributed by atoms with Crippen molar-refractivity contribution in [3.8, 4) is 23.1 Å². The molecule has 4 rings (SSSR count). The number of para-hydroxylation sites is 1. The molecule has 0 bridgehead atoms. The van der Waals surface area contributed by atoms with E-state index in [1.54, 1.807) is 6.92 Å². The normalized spacial score (nSPS) is 12.7. The third-order valence-corrected chi connectivity index (χ3v) is 5.47. The Hall–Kier alpha value is -3.71. The molecule has 14 heteroatoms. The maximum absolute atomic E-state index is 14.3. The molecule has 0 saturated heterocycles. The average Bonchev–Trinajstić information content (AvgIpc) is 3.16. The van der Waals surface area contributed by atoms with Crippen LogP contribution >= 0.6 is 11.6 Å². The fourth-order valence-electron chi connectivity index (χ4n) is 3.38. The van der Waals surface area contributed by atoms with Crippen LogP contribution in [0, 0.1) is 5.82 Å². The molecule has 0 amide bonds. The molecule has 2 aromatic carbocycles. The summed E-state index contributed by atoms with van der Waals surface area (Å²) in [7, 11) is 0. The van der Waals surface area contributed by atoms with Crippen LogP contribution in [-0.4, -0.2) is 41.7 Å². The highest BCUT2D eigenvalue weighted by molar-refractivity contribution is 6.32. The van der Waals surface area contributed by atoms with E-state index in [-0.39, 0.29) is 39.9 Å². The van der Waals surface area contributed by atoms with E-state index in [0.29, 0.717) is 0 Å². The number of alkyl halides is 3. The van der Waals surface area contributed by atoms with Crippen LogP contribution in [0.3, 0.4) is 0 Å². The first-order chi connectivity index (χ1) is 17.0. The lowest BCUT2D eigenvalue weighted by Crippen LogP contribution is -2.31. The number of nitrogens with zero attached hydrogens (tertiary/aromatic N) is 5. The molecule has 0 aliphatic carbocycles. The number of ether oxygens (including phenoxy) is 2. The number of fused-ring (bicyclic) bond motifs is 1. The number of aliphatic hydroxyl groups is 1. The Kier molecular flexibility index (Phi) is 6.87. The SMILES string of the molecule is CCn1c(CO)nn(-c2cc(O[C@@H](C)C(F)(F)F)c3c(Oc4c(F)cccc4Cl)ncnc3c2)c1=O. The van der Waals surface area contributed by atoms with Gasteiger partial charge in [-0.3, -0.25) is 4.57 Å². The van der Waals surface area contributed by atoms with Gasteiger partial charge in [0.05, 0.1) is 16.2 Å². The van der Waals surface area contributed by atoms with Gasteiger partial charge in [-0.1, -0.05) is 17.7 Å². The molecule has 0 aliphatic rings. The van der Waals surface area contributed by atoms with Gasteiger partial charge in [-0.25, -0.2) is 19.2 Å². The predicted octanol–water partition coefficient (Wildman–Crippen LogP) is 4.40. The number of aliphatic hydroxyl groups excluding tert-OH is 1. The fraction of sp³-hybridized carbons (Fsp3) is 0.273. The highest BCUT2D eigenvalue weighted by Crippen LogP contribution is 2.39. The maximum atomic E-state index is 14.3. The predicted molar refractivity (Wildman–Crippen MR) is 120 cm³/mol. The van der Waals surface area contributed by atoms with E-state index in [4.69, 9.17) is 21.1 Å². The summed E-state index contributed by atoms with van der Waals surface area (Å²) in [6.45, 7) is 2.11. The molecule has 36 heavy (non-hydrogen) atoms. The van der Waals surface area contributed by atoms with Crippen LogP contribution in [0.2, 0.25) is 5.02 Å². The van der Waals surface area contributed by atoms with Crippen molar-refractivity contribution < 1.29 is 32.1 Å². The average molecular weight is 528 g/mol. The highest BCUT2D eigenvalue weighted by atomic mass is 35.5. The van der Waals surface area contributed by atoms with Crippen molar-refractivity contribution in [3.05, 3.63) is 63.8 Å². The van der Waals surface area contributed by atoms with Crippen molar-refractivity contribution in [2.45, 2.75) is 39.3 Å². The van der Waals surface area contributed by atoms with Gasteiger partial charge in [-0.05, 0) is 32.0 Å². The largest absolute Gasteiger partial charge is 0.480 e. The minimum absolute atomic E-state index is 0.00680. The number of hydrogen-bond acceptors (Lipinski definition) is 7. The molecule has 0 unspecified atom stereocenters. The Balaban J connectivity index is 1.95. The zero-order chi connectivity index (χ0) is 26.2. The molecule has 0 aliphatic heterocycles. The summed E-state index contributed by atoms with van der Waals surface area (Å²) in [5.74, 6) is -1.91. The van der Waals surface area contributed by atoms with Crippen LogP contribution in [0.5, 0.6) is 17.4 Å². The first kappa shape index (κ1) is 25.4. The molecule has 0 saturated carbocycles. The third kappa shape index (κ3) is 4.71. The van der Waals surface area contributed by atoms with Gasteiger partial charge in [0.1, 0.15) is 24.1 Å². The van der Waals surface area contributed by atoms with Gasteiger partial charge in [0.2, 0.25) is 5.88 Å². The molecule has 0 radical (unpaired) electrons. The quantitative estimate of drug-likeness (QED) is 0.355. The lowest BCUT2D eigenvalue weighted by Gasteiger charge is -2.20. The summed E-state index contributed by atoms with van der Waals surface area (Å²) in [6.07, 6.45) is -5.97. The van der Waals surface area contributed by atoms with Gasteiger partial charge in [0.25, 0.3) is 0 Å². The van der Waals surface area contributed by atoms with E-state index in [0.717, 1.165) is 30.1 Å². The fourth-order valence-corrected chi connectivity index (χ4v) is 3.58. The highest BCUT2D eigenvalue weighted by Gasteiger charge is 2.38. The van der Waals surface area contributed by atoms with Crippen LogP contribution in [0.25, 0.3) is 16.6 Å². The Bertz CT molecular complexity index is 1470. The van der Waals surface area contributed by atoms with E-state index < -0.39 is 41.9 Å². The molecule has 2 heterocycles. The molecular weight excluding hydrogens is 510 g/mol. The monoisotopic (exact) mass is 527 g/mol. The first-order valence-corrected chi connectivity index (χ1v) is 10.9. The van der Waals surface area contributed by atoms with E-state index >= 15 is 0 Å². The van der Waals surface area contributed by atoms with Gasteiger partial charge >= 0.3 is 11.9 Å². The van der Waals surface area contributed by atoms with Crippen LogP contribution in [0.1, 0.15) is 19.7 Å². The zero-order valence-electron chi connectivity index (χ0n) is 18.8. The molecule has 1 atom stereocenters. The molecule has 4 aromatic rings. The van der Waals surface area contributed by atoms with Crippen LogP contribution in [0.15, 0.2) is 41.5 Å². The van der Waals surface area contributed by atoms with Gasteiger partial charge < -0.3 is 14.6 Å². The number of halogens is 5. The number of benzene rings is 2. The minimum Gasteiger partial charge on any atom is -0.480 e. The third-order valence-electron chi connectivity index (χ3n) is 5.18. The molecule has 1 N–H and O–H groups in total. The summed E-state index contributed by atoms with van der Waals surface area (Å²) >= 11 is 6.02. The second-order valence-electron chi connectivity index (χ2n) is 7.48. The minimum atomic E-state index is -4.74. The Labute approximate surface area is 205 Å². The summed E-state index contributed by atoms with van der Waals surface area (Å²) in [6, 6.07) is 6.26. The second-order valence-corrected chi connectivity index (χ2v) is 7.89. The van der Waals surface area contributed by atoms with Crippen molar-refractivity contribution in [2.75, 3.05) is 0 Å². The molecule has 190 valence electrons. The van der Waals surface area contributed by atoms with Crippen molar-refractivity contribution in [3.63, 3.8) is 0 Å². The molecule has 9 nitrogen and oxygen atoms in total. The topological polar surface area (TPSA) is 104 Å². The Morgan fingerprint density at radius 1 is 1.22 bits per heavy atom. The van der Waals surface area contributed by atoms with E-state index in [9.17, 15) is 27.5 Å². The Morgan fingerprint density at radius 3 is 2.58 bits per heavy atom. The van der Waals surface area contributed by atoms with Crippen molar-refractivity contribution in [1.82, 2.24) is 24.3 Å².